The van der Waals surface area contributed by atoms with Crippen LogP contribution in [0.4, 0.5) is 17.1 Å². The lowest BCUT2D eigenvalue weighted by molar-refractivity contribution is 0.0522. The summed E-state index contributed by atoms with van der Waals surface area (Å²) in [5.41, 5.74) is 4.73. The van der Waals surface area contributed by atoms with Crippen LogP contribution in [0.5, 0.6) is 0 Å². The molecule has 35 heavy (non-hydrogen) atoms. The van der Waals surface area contributed by atoms with Crippen LogP contribution in [0.15, 0.2) is 118 Å². The van der Waals surface area contributed by atoms with Gasteiger partial charge < -0.3 is 14.1 Å². The van der Waals surface area contributed by atoms with Crippen molar-refractivity contribution in [1.82, 2.24) is 0 Å². The molecular formula is C30H23NO4. The number of fused-ring (bicyclic) bond motifs is 1. The Balaban J connectivity index is 1.52. The highest BCUT2D eigenvalue weighted by molar-refractivity contribution is 5.94. The van der Waals surface area contributed by atoms with E-state index in [4.69, 9.17) is 9.15 Å². The average molecular weight is 462 g/mol. The highest BCUT2D eigenvalue weighted by Crippen LogP contribution is 2.35. The number of hydrogen-bond acceptors (Lipinski definition) is 5. The van der Waals surface area contributed by atoms with Gasteiger partial charge in [0.05, 0.1) is 6.61 Å². The molecule has 0 atom stereocenters. The van der Waals surface area contributed by atoms with Gasteiger partial charge in [0.25, 0.3) is 0 Å². The maximum absolute atomic E-state index is 12.2. The highest BCUT2D eigenvalue weighted by Gasteiger charge is 2.16. The number of nitrogens with zero attached hydrogens (tertiary/aromatic N) is 1. The van der Waals surface area contributed by atoms with Gasteiger partial charge in [0.2, 0.25) is 0 Å². The molecule has 5 heteroatoms. The zero-order valence-electron chi connectivity index (χ0n) is 19.2. The van der Waals surface area contributed by atoms with Crippen molar-refractivity contribution in [3.05, 3.63) is 125 Å². The minimum Gasteiger partial charge on any atom is -0.462 e. The molecule has 4 aromatic carbocycles. The molecule has 0 N–H and O–H groups in total. The second kappa shape index (κ2) is 9.69. The molecule has 1 heterocycles. The zero-order chi connectivity index (χ0) is 24.2. The summed E-state index contributed by atoms with van der Waals surface area (Å²) in [6.45, 7) is 1.88. The van der Waals surface area contributed by atoms with E-state index in [1.165, 1.54) is 6.07 Å². The molecule has 1 aromatic heterocycles. The standard InChI is InChI=1S/C30H23NO4/c1-2-34-29(32)27-20-23-19-22(15-18-28(23)35-30(27)33)21-13-16-26(17-14-21)31(24-9-5-3-6-10-24)25-11-7-4-8-12-25/h3-20H,2H2,1H3. The van der Waals surface area contributed by atoms with Gasteiger partial charge in [0, 0.05) is 22.4 Å². The van der Waals surface area contributed by atoms with Gasteiger partial charge in [-0.25, -0.2) is 9.59 Å². The number of rotatable bonds is 6. The quantitative estimate of drug-likeness (QED) is 0.199. The fourth-order valence-corrected chi connectivity index (χ4v) is 4.06. The fraction of sp³-hybridized carbons (Fsp3) is 0.0667. The molecule has 0 aliphatic carbocycles. The maximum atomic E-state index is 12.2. The minimum absolute atomic E-state index is 0.104. The summed E-state index contributed by atoms with van der Waals surface area (Å²) < 4.78 is 10.3. The third kappa shape index (κ3) is 4.57. The van der Waals surface area contributed by atoms with E-state index in [0.717, 1.165) is 28.2 Å². The number of anilines is 3. The van der Waals surface area contributed by atoms with Crippen molar-refractivity contribution in [2.75, 3.05) is 11.5 Å². The summed E-state index contributed by atoms with van der Waals surface area (Å²) in [6.07, 6.45) is 0. The number of hydrogen-bond donors (Lipinski definition) is 0. The number of esters is 1. The number of ether oxygens (including phenoxy) is 1. The number of carbonyl (C=O) groups excluding carboxylic acids is 1. The van der Waals surface area contributed by atoms with Crippen LogP contribution in [-0.2, 0) is 4.74 Å². The third-order valence-corrected chi connectivity index (χ3v) is 5.72. The van der Waals surface area contributed by atoms with Gasteiger partial charge in [-0.15, -0.1) is 0 Å². The van der Waals surface area contributed by atoms with E-state index in [-0.39, 0.29) is 12.2 Å². The molecule has 0 radical (unpaired) electrons. The summed E-state index contributed by atoms with van der Waals surface area (Å²) >= 11 is 0. The molecule has 5 nitrogen and oxygen atoms in total. The van der Waals surface area contributed by atoms with Crippen LogP contribution in [0.3, 0.4) is 0 Å². The topological polar surface area (TPSA) is 59.8 Å². The molecule has 0 saturated carbocycles. The van der Waals surface area contributed by atoms with E-state index >= 15 is 0 Å². The SMILES string of the molecule is CCOC(=O)c1cc2cc(-c3ccc(N(c4ccccc4)c4ccccc4)cc3)ccc2oc1=O. The molecule has 0 spiro atoms. The molecule has 0 amide bonds. The van der Waals surface area contributed by atoms with E-state index in [9.17, 15) is 9.59 Å². The van der Waals surface area contributed by atoms with E-state index in [1.807, 2.05) is 48.5 Å². The molecule has 0 aliphatic rings. The largest absolute Gasteiger partial charge is 0.462 e. The lowest BCUT2D eigenvalue weighted by atomic mass is 10.0. The van der Waals surface area contributed by atoms with E-state index in [2.05, 4.69) is 53.4 Å². The van der Waals surface area contributed by atoms with Crippen molar-refractivity contribution in [1.29, 1.82) is 0 Å². The van der Waals surface area contributed by atoms with Gasteiger partial charge in [0.1, 0.15) is 11.1 Å². The first-order valence-electron chi connectivity index (χ1n) is 11.4. The van der Waals surface area contributed by atoms with Crippen molar-refractivity contribution < 1.29 is 13.9 Å². The Morgan fingerprint density at radius 1 is 0.743 bits per heavy atom. The van der Waals surface area contributed by atoms with Gasteiger partial charge in [-0.3, -0.25) is 0 Å². The average Bonchev–Trinajstić information content (AvgIpc) is 2.90. The smallest absolute Gasteiger partial charge is 0.351 e. The fourth-order valence-electron chi connectivity index (χ4n) is 4.06. The molecule has 5 aromatic rings. The Morgan fingerprint density at radius 2 is 1.31 bits per heavy atom. The first kappa shape index (κ1) is 22.2. The molecule has 172 valence electrons. The highest BCUT2D eigenvalue weighted by atomic mass is 16.5. The third-order valence-electron chi connectivity index (χ3n) is 5.72. The maximum Gasteiger partial charge on any atom is 0.351 e. The lowest BCUT2D eigenvalue weighted by Crippen LogP contribution is -2.16. The van der Waals surface area contributed by atoms with Crippen LogP contribution in [0.2, 0.25) is 0 Å². The molecule has 0 saturated heterocycles. The second-order valence-corrected chi connectivity index (χ2v) is 7.97. The summed E-state index contributed by atoms with van der Waals surface area (Å²) in [4.78, 5) is 26.5. The summed E-state index contributed by atoms with van der Waals surface area (Å²) in [7, 11) is 0. The molecule has 0 aliphatic heterocycles. The summed E-state index contributed by atoms with van der Waals surface area (Å²) in [5.74, 6) is -0.681. The minimum atomic E-state index is -0.699. The van der Waals surface area contributed by atoms with Gasteiger partial charge in [-0.1, -0.05) is 54.6 Å². The van der Waals surface area contributed by atoms with Gasteiger partial charge in [0.15, 0.2) is 0 Å². The normalized spacial score (nSPS) is 10.8. The Morgan fingerprint density at radius 3 is 1.91 bits per heavy atom. The van der Waals surface area contributed by atoms with Crippen LogP contribution in [0.1, 0.15) is 17.3 Å². The van der Waals surface area contributed by atoms with Crippen molar-refractivity contribution >= 4 is 34.0 Å². The first-order chi connectivity index (χ1) is 17.1. The monoisotopic (exact) mass is 461 g/mol. The molecule has 0 fully saturated rings. The number of para-hydroxylation sites is 2. The predicted octanol–water partition coefficient (Wildman–Crippen LogP) is 7.11. The Kier molecular flexibility index (Phi) is 6.14. The number of benzene rings is 4. The van der Waals surface area contributed by atoms with E-state index in [0.29, 0.717) is 11.0 Å². The Hall–Kier alpha value is -4.64. The Bertz CT molecular complexity index is 1490. The summed E-state index contributed by atoms with van der Waals surface area (Å²) in [5, 5.41) is 0.657. The van der Waals surface area contributed by atoms with Crippen molar-refractivity contribution in [3.8, 4) is 11.1 Å². The van der Waals surface area contributed by atoms with Gasteiger partial charge in [-0.2, -0.15) is 0 Å². The van der Waals surface area contributed by atoms with Crippen LogP contribution in [-0.4, -0.2) is 12.6 Å². The van der Waals surface area contributed by atoms with E-state index < -0.39 is 11.6 Å². The van der Waals surface area contributed by atoms with Crippen LogP contribution in [0.25, 0.3) is 22.1 Å². The first-order valence-corrected chi connectivity index (χ1v) is 11.4. The van der Waals surface area contributed by atoms with Gasteiger partial charge >= 0.3 is 11.6 Å². The van der Waals surface area contributed by atoms with Crippen molar-refractivity contribution in [2.24, 2.45) is 0 Å². The molecule has 0 unspecified atom stereocenters. The molecular weight excluding hydrogens is 438 g/mol. The predicted molar refractivity (Wildman–Crippen MR) is 139 cm³/mol. The van der Waals surface area contributed by atoms with Crippen molar-refractivity contribution in [2.45, 2.75) is 6.92 Å². The van der Waals surface area contributed by atoms with Gasteiger partial charge in [-0.05, 0) is 72.6 Å². The number of carbonyl (C=O) groups is 1. The molecule has 0 bridgehead atoms. The second-order valence-electron chi connectivity index (χ2n) is 7.97. The van der Waals surface area contributed by atoms with E-state index in [1.54, 1.807) is 13.0 Å². The zero-order valence-corrected chi connectivity index (χ0v) is 19.2. The molecule has 5 rings (SSSR count). The summed E-state index contributed by atoms with van der Waals surface area (Å²) in [6, 6.07) is 35.8. The van der Waals surface area contributed by atoms with Crippen LogP contribution in [0, 0.1) is 0 Å². The Labute approximate surface area is 202 Å². The van der Waals surface area contributed by atoms with Crippen LogP contribution < -0.4 is 10.5 Å². The van der Waals surface area contributed by atoms with Crippen molar-refractivity contribution in [3.63, 3.8) is 0 Å². The lowest BCUT2D eigenvalue weighted by Gasteiger charge is -2.25. The van der Waals surface area contributed by atoms with Crippen LogP contribution >= 0.6 is 0 Å².